The van der Waals surface area contributed by atoms with E-state index in [1.165, 1.54) is 24.8 Å². The Morgan fingerprint density at radius 3 is 2.31 bits per heavy atom. The molecule has 0 aromatic heterocycles. The van der Waals surface area contributed by atoms with Crippen molar-refractivity contribution in [1.82, 2.24) is 10.2 Å². The summed E-state index contributed by atoms with van der Waals surface area (Å²) < 4.78 is 0. The molecule has 1 aromatic rings. The van der Waals surface area contributed by atoms with Crippen LogP contribution in [0, 0.1) is 5.92 Å². The Hall–Kier alpha value is -1.49. The molecule has 1 aliphatic heterocycles. The van der Waals surface area contributed by atoms with E-state index < -0.39 is 0 Å². The van der Waals surface area contributed by atoms with E-state index in [9.17, 15) is 9.59 Å². The number of carbonyl (C=O) groups excluding carboxylic acids is 2. The smallest absolute Gasteiger partial charge is 0.253 e. The quantitative estimate of drug-likeness (QED) is 0.852. The highest BCUT2D eigenvalue weighted by molar-refractivity contribution is 7.97. The van der Waals surface area contributed by atoms with Gasteiger partial charge in [-0.1, -0.05) is 31.4 Å². The predicted molar refractivity (Wildman–Crippen MR) is 107 cm³/mol. The number of piperidine rings is 1. The summed E-state index contributed by atoms with van der Waals surface area (Å²) in [5, 5.41) is 3.23. The van der Waals surface area contributed by atoms with Crippen LogP contribution in [0.5, 0.6) is 0 Å². The van der Waals surface area contributed by atoms with E-state index in [-0.39, 0.29) is 23.8 Å². The standard InChI is InChI=1S/C21H30N2O2S/c1-26-15-16-7-9-18(10-8-16)21(25)23-13-11-19(12-14-23)22-20(24)17-5-3-2-4-6-17/h7-10,17,19H,2-6,11-15H2,1H3,(H,22,24). The molecule has 2 amide bonds. The van der Waals surface area contributed by atoms with Gasteiger partial charge in [-0.15, -0.1) is 0 Å². The van der Waals surface area contributed by atoms with Crippen molar-refractivity contribution in [2.45, 2.75) is 56.7 Å². The lowest BCUT2D eigenvalue weighted by atomic mass is 9.88. The number of benzene rings is 1. The average Bonchev–Trinajstić information content (AvgIpc) is 2.69. The van der Waals surface area contributed by atoms with Gasteiger partial charge in [0.1, 0.15) is 0 Å². The molecule has 1 aliphatic carbocycles. The maximum Gasteiger partial charge on any atom is 0.253 e. The molecule has 1 saturated carbocycles. The minimum absolute atomic E-state index is 0.109. The van der Waals surface area contributed by atoms with Gasteiger partial charge >= 0.3 is 0 Å². The third-order valence-electron chi connectivity index (χ3n) is 5.62. The number of rotatable bonds is 5. The summed E-state index contributed by atoms with van der Waals surface area (Å²) in [7, 11) is 0. The molecule has 1 saturated heterocycles. The first-order valence-corrected chi connectivity index (χ1v) is 11.2. The molecule has 2 aliphatic rings. The second-order valence-electron chi connectivity index (χ2n) is 7.54. The van der Waals surface area contributed by atoms with Crippen molar-refractivity contribution >= 4 is 23.6 Å². The van der Waals surface area contributed by atoms with Crippen LogP contribution in [0.1, 0.15) is 60.9 Å². The fourth-order valence-corrected chi connectivity index (χ4v) is 4.53. The van der Waals surface area contributed by atoms with Gasteiger partial charge in [0.2, 0.25) is 5.91 Å². The molecule has 0 radical (unpaired) electrons. The minimum Gasteiger partial charge on any atom is -0.353 e. The van der Waals surface area contributed by atoms with Crippen molar-refractivity contribution in [2.75, 3.05) is 19.3 Å². The number of nitrogens with one attached hydrogen (secondary N) is 1. The maximum absolute atomic E-state index is 12.7. The summed E-state index contributed by atoms with van der Waals surface area (Å²) in [5.74, 6) is 1.53. The first-order valence-electron chi connectivity index (χ1n) is 9.85. The number of amides is 2. The Labute approximate surface area is 161 Å². The molecule has 3 rings (SSSR count). The zero-order chi connectivity index (χ0) is 18.4. The van der Waals surface area contributed by atoms with E-state index in [2.05, 4.69) is 11.6 Å². The van der Waals surface area contributed by atoms with Crippen LogP contribution in [0.15, 0.2) is 24.3 Å². The highest BCUT2D eigenvalue weighted by atomic mass is 32.2. The third-order valence-corrected chi connectivity index (χ3v) is 6.24. The van der Waals surface area contributed by atoms with Crippen molar-refractivity contribution in [3.8, 4) is 0 Å². The number of carbonyl (C=O) groups is 2. The predicted octanol–water partition coefficient (Wildman–Crippen LogP) is 3.85. The first kappa shape index (κ1) is 19.3. The van der Waals surface area contributed by atoms with Crippen LogP contribution in [0.25, 0.3) is 0 Å². The van der Waals surface area contributed by atoms with E-state index in [1.807, 2.05) is 29.2 Å². The molecule has 0 spiro atoms. The van der Waals surface area contributed by atoms with Crippen molar-refractivity contribution in [3.63, 3.8) is 0 Å². The molecule has 0 bridgehead atoms. The van der Waals surface area contributed by atoms with Gasteiger partial charge in [0.25, 0.3) is 5.91 Å². The van der Waals surface area contributed by atoms with Crippen molar-refractivity contribution in [2.24, 2.45) is 5.92 Å². The van der Waals surface area contributed by atoms with Gasteiger partial charge in [-0.25, -0.2) is 0 Å². The van der Waals surface area contributed by atoms with Crippen LogP contribution in [0.2, 0.25) is 0 Å². The lowest BCUT2D eigenvalue weighted by Gasteiger charge is -2.33. The van der Waals surface area contributed by atoms with Gasteiger partial charge in [0.15, 0.2) is 0 Å². The SMILES string of the molecule is CSCc1ccc(C(=O)N2CCC(NC(=O)C3CCCCC3)CC2)cc1. The Morgan fingerprint density at radius 2 is 1.69 bits per heavy atom. The van der Waals surface area contributed by atoms with Gasteiger partial charge in [-0.3, -0.25) is 9.59 Å². The summed E-state index contributed by atoms with van der Waals surface area (Å²) in [6, 6.07) is 8.18. The zero-order valence-corrected chi connectivity index (χ0v) is 16.5. The van der Waals surface area contributed by atoms with Crippen LogP contribution in [0.3, 0.4) is 0 Å². The van der Waals surface area contributed by atoms with Gasteiger partial charge in [-0.2, -0.15) is 11.8 Å². The summed E-state index contributed by atoms with van der Waals surface area (Å²) in [4.78, 5) is 27.0. The Balaban J connectivity index is 1.46. The van der Waals surface area contributed by atoms with Gasteiger partial charge in [-0.05, 0) is 49.6 Å². The molecular formula is C21H30N2O2S. The van der Waals surface area contributed by atoms with Crippen LogP contribution in [-0.4, -0.2) is 42.1 Å². The molecule has 0 unspecified atom stereocenters. The fourth-order valence-electron chi connectivity index (χ4n) is 4.00. The third kappa shape index (κ3) is 5.03. The van der Waals surface area contributed by atoms with Crippen molar-refractivity contribution in [1.29, 1.82) is 0 Å². The molecule has 142 valence electrons. The number of hydrogen-bond donors (Lipinski definition) is 1. The highest BCUT2D eigenvalue weighted by Gasteiger charge is 2.27. The van der Waals surface area contributed by atoms with Gasteiger partial charge < -0.3 is 10.2 Å². The molecule has 4 nitrogen and oxygen atoms in total. The van der Waals surface area contributed by atoms with Crippen LogP contribution < -0.4 is 5.32 Å². The zero-order valence-electron chi connectivity index (χ0n) is 15.7. The Kier molecular flexibility index (Phi) is 7.00. The number of likely N-dealkylation sites (tertiary alicyclic amines) is 1. The fraction of sp³-hybridized carbons (Fsp3) is 0.619. The Morgan fingerprint density at radius 1 is 1.04 bits per heavy atom. The topological polar surface area (TPSA) is 49.4 Å². The number of nitrogens with zero attached hydrogens (tertiary/aromatic N) is 1. The van der Waals surface area contributed by atoms with E-state index in [1.54, 1.807) is 11.8 Å². The molecule has 0 atom stereocenters. The van der Waals surface area contributed by atoms with E-state index in [0.717, 1.165) is 50.1 Å². The summed E-state index contributed by atoms with van der Waals surface area (Å²) in [6.07, 6.45) is 9.50. The summed E-state index contributed by atoms with van der Waals surface area (Å²) >= 11 is 1.78. The molecule has 5 heteroatoms. The van der Waals surface area contributed by atoms with Crippen LogP contribution in [-0.2, 0) is 10.5 Å². The summed E-state index contributed by atoms with van der Waals surface area (Å²) in [6.45, 7) is 1.45. The normalized spacial score (nSPS) is 19.3. The molecular weight excluding hydrogens is 344 g/mol. The van der Waals surface area contributed by atoms with Crippen molar-refractivity contribution < 1.29 is 9.59 Å². The molecule has 1 aromatic carbocycles. The Bertz CT molecular complexity index is 603. The van der Waals surface area contributed by atoms with E-state index in [4.69, 9.17) is 0 Å². The second kappa shape index (κ2) is 9.45. The molecule has 2 fully saturated rings. The molecule has 1 heterocycles. The monoisotopic (exact) mass is 374 g/mol. The minimum atomic E-state index is 0.109. The maximum atomic E-state index is 12.7. The van der Waals surface area contributed by atoms with Crippen LogP contribution in [0.4, 0.5) is 0 Å². The van der Waals surface area contributed by atoms with Gasteiger partial charge in [0, 0.05) is 36.4 Å². The molecule has 26 heavy (non-hydrogen) atoms. The lowest BCUT2D eigenvalue weighted by molar-refractivity contribution is -0.126. The average molecular weight is 375 g/mol. The number of hydrogen-bond acceptors (Lipinski definition) is 3. The van der Waals surface area contributed by atoms with E-state index >= 15 is 0 Å². The largest absolute Gasteiger partial charge is 0.353 e. The molecule has 1 N–H and O–H groups in total. The van der Waals surface area contributed by atoms with Crippen LogP contribution >= 0.6 is 11.8 Å². The first-order chi connectivity index (χ1) is 12.7. The second-order valence-corrected chi connectivity index (χ2v) is 8.41. The lowest BCUT2D eigenvalue weighted by Crippen LogP contribution is -2.48. The van der Waals surface area contributed by atoms with Gasteiger partial charge in [0.05, 0.1) is 0 Å². The summed E-state index contributed by atoms with van der Waals surface area (Å²) in [5.41, 5.74) is 2.01. The van der Waals surface area contributed by atoms with Crippen molar-refractivity contribution in [3.05, 3.63) is 35.4 Å². The van der Waals surface area contributed by atoms with E-state index in [0.29, 0.717) is 0 Å². The number of thioether (sulfide) groups is 1. The highest BCUT2D eigenvalue weighted by Crippen LogP contribution is 2.24.